The Labute approximate surface area is 101 Å². The number of aryl methyl sites for hydroxylation is 2. The maximum atomic E-state index is 11.9. The van der Waals surface area contributed by atoms with Gasteiger partial charge < -0.3 is 4.42 Å². The summed E-state index contributed by atoms with van der Waals surface area (Å²) >= 11 is 3.43. The Balaban J connectivity index is 2.25. The summed E-state index contributed by atoms with van der Waals surface area (Å²) in [5.74, 6) is 0.0254. The standard InChI is InChI=1S/C11H11BrN2O2/c1-7-11(12)9(14(2)13-7)5-10(15)8-3-4-16-6-8/h3-4,6H,5H2,1-2H3. The predicted octanol–water partition coefficient (Wildman–Crippen LogP) is 2.51. The lowest BCUT2D eigenvalue weighted by Crippen LogP contribution is -2.07. The van der Waals surface area contributed by atoms with Crippen LogP contribution in [0.15, 0.2) is 27.5 Å². The molecule has 0 unspecified atom stereocenters. The molecule has 4 nitrogen and oxygen atoms in total. The summed E-state index contributed by atoms with van der Waals surface area (Å²) in [7, 11) is 1.83. The van der Waals surface area contributed by atoms with Crippen molar-refractivity contribution in [2.75, 3.05) is 0 Å². The number of furan rings is 1. The number of hydrogen-bond acceptors (Lipinski definition) is 3. The van der Waals surface area contributed by atoms with Crippen LogP contribution < -0.4 is 0 Å². The van der Waals surface area contributed by atoms with Crippen LogP contribution in [0.25, 0.3) is 0 Å². The zero-order chi connectivity index (χ0) is 11.7. The number of aromatic nitrogens is 2. The van der Waals surface area contributed by atoms with E-state index in [4.69, 9.17) is 4.42 Å². The second kappa shape index (κ2) is 4.25. The minimum atomic E-state index is 0.0254. The van der Waals surface area contributed by atoms with Gasteiger partial charge in [-0.05, 0) is 28.9 Å². The SMILES string of the molecule is Cc1nn(C)c(CC(=O)c2ccoc2)c1Br. The summed E-state index contributed by atoms with van der Waals surface area (Å²) in [4.78, 5) is 11.9. The first-order valence-corrected chi connectivity index (χ1v) is 5.62. The van der Waals surface area contributed by atoms with Crippen molar-refractivity contribution in [3.05, 3.63) is 40.0 Å². The molecule has 2 aromatic heterocycles. The molecule has 0 bridgehead atoms. The Bertz CT molecular complexity index is 514. The van der Waals surface area contributed by atoms with Crippen molar-refractivity contribution in [2.24, 2.45) is 7.05 Å². The molecule has 0 aliphatic rings. The molecule has 0 fully saturated rings. The van der Waals surface area contributed by atoms with E-state index < -0.39 is 0 Å². The number of ketones is 1. The molecular formula is C11H11BrN2O2. The minimum Gasteiger partial charge on any atom is -0.472 e. The summed E-state index contributed by atoms with van der Waals surface area (Å²) < 4.78 is 7.50. The van der Waals surface area contributed by atoms with E-state index in [1.54, 1.807) is 10.7 Å². The molecule has 0 saturated heterocycles. The summed E-state index contributed by atoms with van der Waals surface area (Å²) in [6.45, 7) is 1.90. The smallest absolute Gasteiger partial charge is 0.172 e. The van der Waals surface area contributed by atoms with Crippen LogP contribution in [0.4, 0.5) is 0 Å². The van der Waals surface area contributed by atoms with Crippen LogP contribution in [-0.4, -0.2) is 15.6 Å². The highest BCUT2D eigenvalue weighted by molar-refractivity contribution is 9.10. The molecule has 2 rings (SSSR count). The van der Waals surface area contributed by atoms with Crippen LogP contribution in [0.5, 0.6) is 0 Å². The third kappa shape index (κ3) is 1.95. The fourth-order valence-electron chi connectivity index (χ4n) is 1.55. The highest BCUT2D eigenvalue weighted by atomic mass is 79.9. The van der Waals surface area contributed by atoms with Crippen LogP contribution >= 0.6 is 15.9 Å². The first kappa shape index (κ1) is 11.1. The Morgan fingerprint density at radius 3 is 2.88 bits per heavy atom. The maximum absolute atomic E-state index is 11.9. The van der Waals surface area contributed by atoms with Crippen molar-refractivity contribution in [1.29, 1.82) is 0 Å². The van der Waals surface area contributed by atoms with Gasteiger partial charge in [-0.25, -0.2) is 0 Å². The lowest BCUT2D eigenvalue weighted by atomic mass is 10.1. The average Bonchev–Trinajstić information content (AvgIpc) is 2.83. The lowest BCUT2D eigenvalue weighted by Gasteiger charge is -2.00. The Kier molecular flexibility index (Phi) is 2.96. The van der Waals surface area contributed by atoms with Gasteiger partial charge in [0.2, 0.25) is 0 Å². The van der Waals surface area contributed by atoms with Gasteiger partial charge in [0.15, 0.2) is 5.78 Å². The minimum absolute atomic E-state index is 0.0254. The second-order valence-corrected chi connectivity index (χ2v) is 4.37. The highest BCUT2D eigenvalue weighted by Gasteiger charge is 2.16. The lowest BCUT2D eigenvalue weighted by molar-refractivity contribution is 0.0990. The summed E-state index contributed by atoms with van der Waals surface area (Å²) in [5.41, 5.74) is 2.35. The molecule has 0 amide bonds. The van der Waals surface area contributed by atoms with Crippen molar-refractivity contribution in [3.8, 4) is 0 Å². The summed E-state index contributed by atoms with van der Waals surface area (Å²) in [6.07, 6.45) is 3.27. The third-order valence-corrected chi connectivity index (χ3v) is 3.46. The second-order valence-electron chi connectivity index (χ2n) is 3.58. The average molecular weight is 283 g/mol. The van der Waals surface area contributed by atoms with Crippen molar-refractivity contribution in [1.82, 2.24) is 9.78 Å². The van der Waals surface area contributed by atoms with Gasteiger partial charge >= 0.3 is 0 Å². The van der Waals surface area contributed by atoms with E-state index in [2.05, 4.69) is 21.0 Å². The highest BCUT2D eigenvalue weighted by Crippen LogP contribution is 2.21. The molecule has 0 aliphatic heterocycles. The molecule has 0 saturated carbocycles. The van der Waals surface area contributed by atoms with E-state index in [0.717, 1.165) is 15.9 Å². The van der Waals surface area contributed by atoms with Gasteiger partial charge in [-0.15, -0.1) is 0 Å². The van der Waals surface area contributed by atoms with Crippen LogP contribution in [-0.2, 0) is 13.5 Å². The molecule has 0 aliphatic carbocycles. The van der Waals surface area contributed by atoms with Gasteiger partial charge in [0, 0.05) is 7.05 Å². The molecule has 0 radical (unpaired) electrons. The molecule has 16 heavy (non-hydrogen) atoms. The van der Waals surface area contributed by atoms with Crippen molar-refractivity contribution in [2.45, 2.75) is 13.3 Å². The number of hydrogen-bond donors (Lipinski definition) is 0. The van der Waals surface area contributed by atoms with Crippen molar-refractivity contribution < 1.29 is 9.21 Å². The van der Waals surface area contributed by atoms with Crippen LogP contribution in [0.3, 0.4) is 0 Å². The zero-order valence-electron chi connectivity index (χ0n) is 9.03. The number of nitrogens with zero attached hydrogens (tertiary/aromatic N) is 2. The molecule has 2 heterocycles. The molecular weight excluding hydrogens is 272 g/mol. The fraction of sp³-hybridized carbons (Fsp3) is 0.273. The van der Waals surface area contributed by atoms with Gasteiger partial charge in [-0.1, -0.05) is 0 Å². The largest absolute Gasteiger partial charge is 0.472 e. The molecule has 0 aromatic carbocycles. The quantitative estimate of drug-likeness (QED) is 0.813. The predicted molar refractivity (Wildman–Crippen MR) is 62.4 cm³/mol. The van der Waals surface area contributed by atoms with Crippen LogP contribution in [0.1, 0.15) is 21.7 Å². The number of carbonyl (C=O) groups excluding carboxylic acids is 1. The molecule has 5 heteroatoms. The van der Waals surface area contributed by atoms with E-state index in [0.29, 0.717) is 12.0 Å². The first-order valence-electron chi connectivity index (χ1n) is 4.83. The Morgan fingerprint density at radius 2 is 2.38 bits per heavy atom. The molecule has 2 aromatic rings. The number of Topliss-reactive ketones (excluding diaryl/α,β-unsaturated/α-hetero) is 1. The van der Waals surface area contributed by atoms with Crippen LogP contribution in [0.2, 0.25) is 0 Å². The molecule has 0 atom stereocenters. The summed E-state index contributed by atoms with van der Waals surface area (Å²) in [5, 5.41) is 4.24. The van der Waals surface area contributed by atoms with Crippen LogP contribution in [0, 0.1) is 6.92 Å². The number of halogens is 1. The zero-order valence-corrected chi connectivity index (χ0v) is 10.6. The van der Waals surface area contributed by atoms with Gasteiger partial charge in [-0.2, -0.15) is 5.10 Å². The number of carbonyl (C=O) groups is 1. The van der Waals surface area contributed by atoms with Gasteiger partial charge in [0.05, 0.1) is 34.1 Å². The normalized spacial score (nSPS) is 10.7. The monoisotopic (exact) mass is 282 g/mol. The summed E-state index contributed by atoms with van der Waals surface area (Å²) in [6, 6.07) is 1.67. The van der Waals surface area contributed by atoms with E-state index in [1.807, 2.05) is 14.0 Å². The van der Waals surface area contributed by atoms with E-state index in [-0.39, 0.29) is 5.78 Å². The van der Waals surface area contributed by atoms with Crippen molar-refractivity contribution in [3.63, 3.8) is 0 Å². The molecule has 0 spiro atoms. The number of rotatable bonds is 3. The van der Waals surface area contributed by atoms with Gasteiger partial charge in [0.1, 0.15) is 6.26 Å². The van der Waals surface area contributed by atoms with Gasteiger partial charge in [0.25, 0.3) is 0 Å². The van der Waals surface area contributed by atoms with Crippen molar-refractivity contribution >= 4 is 21.7 Å². The maximum Gasteiger partial charge on any atom is 0.172 e. The Morgan fingerprint density at radius 1 is 1.62 bits per heavy atom. The first-order chi connectivity index (χ1) is 7.59. The fourth-order valence-corrected chi connectivity index (χ4v) is 2.03. The Hall–Kier alpha value is -1.36. The van der Waals surface area contributed by atoms with E-state index in [9.17, 15) is 4.79 Å². The molecule has 84 valence electrons. The topological polar surface area (TPSA) is 48.0 Å². The third-order valence-electron chi connectivity index (χ3n) is 2.43. The molecule has 0 N–H and O–H groups in total. The van der Waals surface area contributed by atoms with E-state index in [1.165, 1.54) is 12.5 Å². The van der Waals surface area contributed by atoms with Gasteiger partial charge in [-0.3, -0.25) is 9.48 Å². The van der Waals surface area contributed by atoms with E-state index >= 15 is 0 Å².